The summed E-state index contributed by atoms with van der Waals surface area (Å²) < 4.78 is 6.21. The van der Waals surface area contributed by atoms with Crippen LogP contribution in [0.3, 0.4) is 0 Å². The van der Waals surface area contributed by atoms with Gasteiger partial charge in [-0.2, -0.15) is 0 Å². The summed E-state index contributed by atoms with van der Waals surface area (Å²) in [5, 5.41) is 10.8. The maximum atomic E-state index is 10.8. The maximum absolute atomic E-state index is 10.8. The molecule has 1 aromatic heterocycles. The monoisotopic (exact) mass is 338 g/mol. The second-order valence-electron chi connectivity index (χ2n) is 3.87. The van der Waals surface area contributed by atoms with Gasteiger partial charge in [0.1, 0.15) is 12.1 Å². The van der Waals surface area contributed by atoms with Crippen molar-refractivity contribution in [2.45, 2.75) is 13.3 Å². The molecule has 1 aromatic carbocycles. The average molecular weight is 339 g/mol. The van der Waals surface area contributed by atoms with Gasteiger partial charge in [0.2, 0.25) is 5.88 Å². The molecule has 1 heterocycles. The Morgan fingerprint density at radius 2 is 2.20 bits per heavy atom. The van der Waals surface area contributed by atoms with Crippen molar-refractivity contribution in [1.82, 2.24) is 9.97 Å². The smallest absolute Gasteiger partial charge is 0.273 e. The fraction of sp³-hybridized carbons (Fsp3) is 0.167. The molecule has 0 aliphatic rings. The number of ether oxygens (including phenoxy) is 1. The number of nitrogens with zero attached hydrogens (tertiary/aromatic N) is 3. The topological polar surface area (TPSA) is 104 Å². The number of non-ortho nitro benzene ring substituents is 1. The van der Waals surface area contributed by atoms with E-state index in [0.29, 0.717) is 33.9 Å². The van der Waals surface area contributed by atoms with E-state index in [4.69, 9.17) is 10.5 Å². The van der Waals surface area contributed by atoms with E-state index in [1.54, 1.807) is 6.07 Å². The summed E-state index contributed by atoms with van der Waals surface area (Å²) in [7, 11) is 0. The number of anilines is 1. The molecule has 0 saturated carbocycles. The SMILES string of the molecule is CCc1c(N)ncnc1Oc1cc([N+](=O)[O-])ccc1Br. The lowest BCUT2D eigenvalue weighted by molar-refractivity contribution is -0.384. The zero-order valence-corrected chi connectivity index (χ0v) is 12.1. The molecule has 0 fully saturated rings. The van der Waals surface area contributed by atoms with E-state index in [9.17, 15) is 10.1 Å². The predicted octanol–water partition coefficient (Wildman–Crippen LogP) is 3.08. The molecule has 2 rings (SSSR count). The highest BCUT2D eigenvalue weighted by molar-refractivity contribution is 9.10. The minimum absolute atomic E-state index is 0.0664. The van der Waals surface area contributed by atoms with Gasteiger partial charge in [0.25, 0.3) is 5.69 Å². The maximum Gasteiger partial charge on any atom is 0.273 e. The van der Waals surface area contributed by atoms with Crippen LogP contribution in [0.1, 0.15) is 12.5 Å². The molecule has 2 N–H and O–H groups in total. The summed E-state index contributed by atoms with van der Waals surface area (Å²) in [6.07, 6.45) is 1.88. The zero-order chi connectivity index (χ0) is 14.7. The van der Waals surface area contributed by atoms with Crippen LogP contribution in [0.5, 0.6) is 11.6 Å². The quantitative estimate of drug-likeness (QED) is 0.678. The van der Waals surface area contributed by atoms with Crippen molar-refractivity contribution in [2.75, 3.05) is 5.73 Å². The van der Waals surface area contributed by atoms with Gasteiger partial charge in [-0.25, -0.2) is 9.97 Å². The molecular weight excluding hydrogens is 328 g/mol. The van der Waals surface area contributed by atoms with Crippen molar-refractivity contribution in [3.63, 3.8) is 0 Å². The Balaban J connectivity index is 2.42. The van der Waals surface area contributed by atoms with Crippen molar-refractivity contribution in [3.8, 4) is 11.6 Å². The fourth-order valence-electron chi connectivity index (χ4n) is 1.62. The van der Waals surface area contributed by atoms with E-state index < -0.39 is 4.92 Å². The molecule has 20 heavy (non-hydrogen) atoms. The van der Waals surface area contributed by atoms with Crippen LogP contribution in [0.4, 0.5) is 11.5 Å². The lowest BCUT2D eigenvalue weighted by Crippen LogP contribution is -2.02. The van der Waals surface area contributed by atoms with Crippen LogP contribution in [0.2, 0.25) is 0 Å². The van der Waals surface area contributed by atoms with E-state index in [1.165, 1.54) is 18.5 Å². The minimum atomic E-state index is -0.492. The first-order valence-electron chi connectivity index (χ1n) is 5.74. The lowest BCUT2D eigenvalue weighted by atomic mass is 10.2. The molecule has 0 spiro atoms. The van der Waals surface area contributed by atoms with Crippen LogP contribution in [0.25, 0.3) is 0 Å². The van der Waals surface area contributed by atoms with Crippen LogP contribution < -0.4 is 10.5 Å². The van der Waals surface area contributed by atoms with E-state index in [0.717, 1.165) is 0 Å². The van der Waals surface area contributed by atoms with Crippen LogP contribution in [-0.2, 0) is 6.42 Å². The van der Waals surface area contributed by atoms with Crippen LogP contribution >= 0.6 is 15.9 Å². The van der Waals surface area contributed by atoms with Gasteiger partial charge in [-0.1, -0.05) is 6.92 Å². The number of rotatable bonds is 4. The summed E-state index contributed by atoms with van der Waals surface area (Å²) in [5.74, 6) is 0.923. The van der Waals surface area contributed by atoms with Gasteiger partial charge in [0.15, 0.2) is 5.75 Å². The molecule has 0 atom stereocenters. The van der Waals surface area contributed by atoms with Crippen LogP contribution in [0, 0.1) is 10.1 Å². The first kappa shape index (κ1) is 14.2. The standard InChI is InChI=1S/C12H11BrN4O3/c1-2-8-11(14)15-6-16-12(8)20-10-5-7(17(18)19)3-4-9(10)13/h3-6H,2H2,1H3,(H2,14,15,16). The summed E-state index contributed by atoms with van der Waals surface area (Å²) in [6.45, 7) is 1.89. The van der Waals surface area contributed by atoms with Gasteiger partial charge in [-0.05, 0) is 28.4 Å². The number of hydrogen-bond acceptors (Lipinski definition) is 6. The molecule has 0 bridgehead atoms. The zero-order valence-electron chi connectivity index (χ0n) is 10.5. The molecule has 0 aliphatic carbocycles. The Morgan fingerprint density at radius 1 is 1.45 bits per heavy atom. The molecular formula is C12H11BrN4O3. The number of halogens is 1. The molecule has 7 nitrogen and oxygen atoms in total. The third-order valence-corrected chi connectivity index (χ3v) is 3.28. The second kappa shape index (κ2) is 5.83. The number of nitro groups is 1. The lowest BCUT2D eigenvalue weighted by Gasteiger charge is -2.11. The van der Waals surface area contributed by atoms with Crippen molar-refractivity contribution in [2.24, 2.45) is 0 Å². The Morgan fingerprint density at radius 3 is 2.85 bits per heavy atom. The van der Waals surface area contributed by atoms with E-state index in [-0.39, 0.29) is 5.69 Å². The van der Waals surface area contributed by atoms with Crippen LogP contribution in [0.15, 0.2) is 29.0 Å². The molecule has 0 unspecified atom stereocenters. The van der Waals surface area contributed by atoms with E-state index in [2.05, 4.69) is 25.9 Å². The van der Waals surface area contributed by atoms with Gasteiger partial charge in [-0.15, -0.1) is 0 Å². The Hall–Kier alpha value is -2.22. The Kier molecular flexibility index (Phi) is 4.14. The first-order valence-corrected chi connectivity index (χ1v) is 6.53. The summed E-state index contributed by atoms with van der Waals surface area (Å²) in [6, 6.07) is 4.25. The van der Waals surface area contributed by atoms with Crippen LogP contribution in [-0.4, -0.2) is 14.9 Å². The fourth-order valence-corrected chi connectivity index (χ4v) is 1.94. The van der Waals surface area contributed by atoms with Gasteiger partial charge in [0, 0.05) is 6.07 Å². The van der Waals surface area contributed by atoms with Crippen molar-refractivity contribution in [3.05, 3.63) is 44.7 Å². The highest BCUT2D eigenvalue weighted by Gasteiger charge is 2.14. The second-order valence-corrected chi connectivity index (χ2v) is 4.72. The molecule has 0 saturated heterocycles. The number of nitro benzene ring substituents is 1. The van der Waals surface area contributed by atoms with Crippen molar-refractivity contribution >= 4 is 27.4 Å². The van der Waals surface area contributed by atoms with Gasteiger partial charge < -0.3 is 10.5 Å². The first-order chi connectivity index (χ1) is 9.52. The van der Waals surface area contributed by atoms with Crippen molar-refractivity contribution < 1.29 is 9.66 Å². The van der Waals surface area contributed by atoms with Gasteiger partial charge in [-0.3, -0.25) is 10.1 Å². The summed E-state index contributed by atoms with van der Waals surface area (Å²) in [5.41, 5.74) is 6.34. The van der Waals surface area contributed by atoms with Crippen molar-refractivity contribution in [1.29, 1.82) is 0 Å². The van der Waals surface area contributed by atoms with E-state index >= 15 is 0 Å². The molecule has 8 heteroatoms. The third-order valence-electron chi connectivity index (χ3n) is 2.62. The summed E-state index contributed by atoms with van der Waals surface area (Å²) in [4.78, 5) is 18.2. The highest BCUT2D eigenvalue weighted by Crippen LogP contribution is 2.34. The molecule has 0 aliphatic heterocycles. The number of hydrogen-bond donors (Lipinski definition) is 1. The Bertz CT molecular complexity index is 663. The van der Waals surface area contributed by atoms with Gasteiger partial charge in [0.05, 0.1) is 21.0 Å². The third kappa shape index (κ3) is 2.85. The summed E-state index contributed by atoms with van der Waals surface area (Å²) >= 11 is 3.28. The molecule has 2 aromatic rings. The largest absolute Gasteiger partial charge is 0.437 e. The van der Waals surface area contributed by atoms with E-state index in [1.807, 2.05) is 6.92 Å². The minimum Gasteiger partial charge on any atom is -0.437 e. The van der Waals surface area contributed by atoms with Gasteiger partial charge >= 0.3 is 0 Å². The normalized spacial score (nSPS) is 10.3. The number of nitrogens with two attached hydrogens (primary N) is 1. The highest BCUT2D eigenvalue weighted by atomic mass is 79.9. The molecule has 0 radical (unpaired) electrons. The number of nitrogen functional groups attached to an aromatic ring is 1. The Labute approximate surface area is 123 Å². The molecule has 0 amide bonds. The predicted molar refractivity (Wildman–Crippen MR) is 76.7 cm³/mol. The molecule has 104 valence electrons. The number of benzene rings is 1. The number of aromatic nitrogens is 2. The average Bonchev–Trinajstić information content (AvgIpc) is 2.41.